The van der Waals surface area contributed by atoms with E-state index in [9.17, 15) is 9.59 Å². The number of ketones is 1. The van der Waals surface area contributed by atoms with Crippen molar-refractivity contribution < 1.29 is 23.8 Å². The number of rotatable bonds is 6. The van der Waals surface area contributed by atoms with E-state index in [-0.39, 0.29) is 17.7 Å². The maximum Gasteiger partial charge on any atom is 0.313 e. The summed E-state index contributed by atoms with van der Waals surface area (Å²) in [7, 11) is 2.59. The van der Waals surface area contributed by atoms with E-state index in [4.69, 9.17) is 21.1 Å². The summed E-state index contributed by atoms with van der Waals surface area (Å²) in [5, 5.41) is 0. The predicted molar refractivity (Wildman–Crippen MR) is 64.7 cm³/mol. The Balaban J connectivity index is 2.87. The van der Waals surface area contributed by atoms with Crippen LogP contribution >= 0.6 is 11.6 Å². The van der Waals surface area contributed by atoms with Gasteiger partial charge in [-0.1, -0.05) is 12.1 Å². The van der Waals surface area contributed by atoms with E-state index in [1.165, 1.54) is 14.2 Å². The summed E-state index contributed by atoms with van der Waals surface area (Å²) in [4.78, 5) is 22.9. The molecule has 0 N–H and O–H groups in total. The van der Waals surface area contributed by atoms with Gasteiger partial charge in [-0.05, 0) is 23.7 Å². The fourth-order valence-electron chi connectivity index (χ4n) is 1.25. The lowest BCUT2D eigenvalue weighted by Crippen LogP contribution is -2.15. The Hall–Kier alpha value is -1.59. The molecular formula is C12H13ClO5. The van der Waals surface area contributed by atoms with Crippen molar-refractivity contribution in [2.45, 2.75) is 12.2 Å². The summed E-state index contributed by atoms with van der Waals surface area (Å²) >= 11 is 5.66. The second kappa shape index (κ2) is 6.98. The average molecular weight is 273 g/mol. The Morgan fingerprint density at radius 2 is 1.94 bits per heavy atom. The van der Waals surface area contributed by atoms with E-state index < -0.39 is 17.5 Å². The van der Waals surface area contributed by atoms with E-state index in [1.54, 1.807) is 24.3 Å². The fourth-order valence-corrected chi connectivity index (χ4v) is 1.34. The highest BCUT2D eigenvalue weighted by atomic mass is 35.5. The molecule has 0 bridgehead atoms. The van der Waals surface area contributed by atoms with Crippen LogP contribution in [0.1, 0.15) is 16.8 Å². The molecule has 0 aromatic heterocycles. The molecule has 1 aromatic carbocycles. The van der Waals surface area contributed by atoms with Crippen molar-refractivity contribution in [3.05, 3.63) is 29.8 Å². The van der Waals surface area contributed by atoms with Crippen molar-refractivity contribution in [1.29, 1.82) is 0 Å². The third-order valence-corrected chi connectivity index (χ3v) is 2.39. The maximum atomic E-state index is 11.8. The summed E-state index contributed by atoms with van der Waals surface area (Å²) in [6.45, 7) is 0. The van der Waals surface area contributed by atoms with Crippen LogP contribution in [0.2, 0.25) is 0 Å². The highest BCUT2D eigenvalue weighted by Gasteiger charge is 2.17. The van der Waals surface area contributed by atoms with Crippen LogP contribution in [-0.4, -0.2) is 31.7 Å². The quantitative estimate of drug-likeness (QED) is 0.260. The second-order valence-corrected chi connectivity index (χ2v) is 3.66. The molecule has 0 aliphatic carbocycles. The van der Waals surface area contributed by atoms with Crippen molar-refractivity contribution in [1.82, 2.24) is 0 Å². The molecule has 0 saturated carbocycles. The van der Waals surface area contributed by atoms with Crippen LogP contribution < -0.4 is 4.74 Å². The third kappa shape index (κ3) is 4.01. The van der Waals surface area contributed by atoms with E-state index in [0.29, 0.717) is 0 Å². The lowest BCUT2D eigenvalue weighted by atomic mass is 10.1. The number of carbonyl (C=O) groups excluding carboxylic acids is 2. The number of benzene rings is 1. The Kier molecular flexibility index (Phi) is 5.61. The largest absolute Gasteiger partial charge is 0.469 e. The smallest absolute Gasteiger partial charge is 0.313 e. The molecule has 0 aliphatic rings. The van der Waals surface area contributed by atoms with Gasteiger partial charge in [0, 0.05) is 7.11 Å². The number of ether oxygens (including phenoxy) is 3. The van der Waals surface area contributed by atoms with Crippen molar-refractivity contribution in [2.75, 3.05) is 14.2 Å². The van der Waals surface area contributed by atoms with Crippen molar-refractivity contribution >= 4 is 23.4 Å². The van der Waals surface area contributed by atoms with Crippen LogP contribution in [0.5, 0.6) is 5.75 Å². The zero-order valence-electron chi connectivity index (χ0n) is 10.0. The van der Waals surface area contributed by atoms with E-state index >= 15 is 0 Å². The van der Waals surface area contributed by atoms with Gasteiger partial charge >= 0.3 is 5.97 Å². The molecule has 0 saturated heterocycles. The monoisotopic (exact) mass is 272 g/mol. The molecular weight excluding hydrogens is 260 g/mol. The Morgan fingerprint density at radius 1 is 1.28 bits per heavy atom. The molecule has 1 aromatic rings. The van der Waals surface area contributed by atoms with Crippen LogP contribution in [0.15, 0.2) is 24.3 Å². The van der Waals surface area contributed by atoms with Gasteiger partial charge in [0.1, 0.15) is 12.2 Å². The van der Waals surface area contributed by atoms with E-state index in [1.807, 2.05) is 0 Å². The molecule has 6 heteroatoms. The number of halogens is 1. The Morgan fingerprint density at radius 3 is 2.56 bits per heavy atom. The lowest BCUT2D eigenvalue weighted by Gasteiger charge is -2.13. The van der Waals surface area contributed by atoms with Crippen LogP contribution in [0.4, 0.5) is 0 Å². The number of carbonyl (C=O) groups is 2. The SMILES string of the molecule is COC(=O)CC(=O)c1ccccc1OC(Cl)OC. The molecule has 0 heterocycles. The van der Waals surface area contributed by atoms with Gasteiger partial charge in [0.2, 0.25) is 0 Å². The average Bonchev–Trinajstić information content (AvgIpc) is 2.38. The molecule has 0 aliphatic heterocycles. The van der Waals surface area contributed by atoms with Crippen molar-refractivity contribution in [2.24, 2.45) is 0 Å². The summed E-state index contributed by atoms with van der Waals surface area (Å²) < 4.78 is 14.4. The normalized spacial score (nSPS) is 11.7. The molecule has 1 rings (SSSR count). The van der Waals surface area contributed by atoms with Gasteiger partial charge in [-0.2, -0.15) is 0 Å². The summed E-state index contributed by atoms with van der Waals surface area (Å²) in [6.07, 6.45) is -0.350. The molecule has 98 valence electrons. The molecule has 1 atom stereocenters. The predicted octanol–water partition coefficient (Wildman–Crippen LogP) is 1.98. The van der Waals surface area contributed by atoms with Crippen LogP contribution in [0.25, 0.3) is 0 Å². The molecule has 0 radical (unpaired) electrons. The van der Waals surface area contributed by atoms with Gasteiger partial charge in [-0.15, -0.1) is 0 Å². The molecule has 1 unspecified atom stereocenters. The summed E-state index contributed by atoms with van der Waals surface area (Å²) in [5.41, 5.74) is 0.255. The molecule has 18 heavy (non-hydrogen) atoms. The fraction of sp³-hybridized carbons (Fsp3) is 0.333. The van der Waals surface area contributed by atoms with Crippen molar-refractivity contribution in [3.63, 3.8) is 0 Å². The first-order valence-electron chi connectivity index (χ1n) is 5.11. The van der Waals surface area contributed by atoms with Crippen molar-refractivity contribution in [3.8, 4) is 5.75 Å². The van der Waals surface area contributed by atoms with Gasteiger partial charge in [0.05, 0.1) is 12.7 Å². The van der Waals surface area contributed by atoms with Gasteiger partial charge in [0.25, 0.3) is 5.75 Å². The minimum Gasteiger partial charge on any atom is -0.469 e. The van der Waals surface area contributed by atoms with Gasteiger partial charge in [-0.3, -0.25) is 9.59 Å². The number of Topliss-reactive ketones (excluding diaryl/α,β-unsaturated/α-hetero) is 1. The number of esters is 1. The maximum absolute atomic E-state index is 11.8. The number of hydrogen-bond acceptors (Lipinski definition) is 5. The Bertz CT molecular complexity index is 432. The molecule has 0 spiro atoms. The van der Waals surface area contributed by atoms with Gasteiger partial charge < -0.3 is 14.2 Å². The van der Waals surface area contributed by atoms with E-state index in [0.717, 1.165) is 0 Å². The standard InChI is InChI=1S/C12H13ClO5/c1-16-11(15)7-9(14)8-5-3-4-6-10(8)18-12(13)17-2/h3-6,12H,7H2,1-2H3. The summed E-state index contributed by atoms with van der Waals surface area (Å²) in [6, 6.07) is 6.45. The third-order valence-electron chi connectivity index (χ3n) is 2.12. The van der Waals surface area contributed by atoms with Gasteiger partial charge in [0.15, 0.2) is 5.78 Å². The highest BCUT2D eigenvalue weighted by molar-refractivity contribution is 6.19. The number of methoxy groups -OCH3 is 2. The second-order valence-electron chi connectivity index (χ2n) is 3.30. The summed E-state index contributed by atoms with van der Waals surface area (Å²) in [5.74, 6) is -1.76. The first-order chi connectivity index (χ1) is 8.58. The first kappa shape index (κ1) is 14.5. The topological polar surface area (TPSA) is 61.8 Å². The zero-order valence-corrected chi connectivity index (χ0v) is 10.8. The van der Waals surface area contributed by atoms with Crippen LogP contribution in [0.3, 0.4) is 0 Å². The molecule has 5 nitrogen and oxygen atoms in total. The zero-order chi connectivity index (χ0) is 13.5. The highest BCUT2D eigenvalue weighted by Crippen LogP contribution is 2.22. The lowest BCUT2D eigenvalue weighted by molar-refractivity contribution is -0.139. The van der Waals surface area contributed by atoms with Crippen LogP contribution in [-0.2, 0) is 14.3 Å². The minimum absolute atomic E-state index is 0.255. The van der Waals surface area contributed by atoms with Gasteiger partial charge in [-0.25, -0.2) is 0 Å². The molecule has 0 fully saturated rings. The number of para-hydroxylation sites is 1. The minimum atomic E-state index is -1.00. The number of hydrogen-bond donors (Lipinski definition) is 0. The Labute approximate surface area is 110 Å². The first-order valence-corrected chi connectivity index (χ1v) is 5.54. The molecule has 0 amide bonds. The van der Waals surface area contributed by atoms with Crippen LogP contribution in [0, 0.1) is 0 Å². The van der Waals surface area contributed by atoms with E-state index in [2.05, 4.69) is 4.74 Å². The number of alkyl halides is 1.